The molecule has 1 aromatic heterocycles. The maximum absolute atomic E-state index is 5.89. The van der Waals surface area contributed by atoms with Crippen molar-refractivity contribution in [3.63, 3.8) is 0 Å². The van der Waals surface area contributed by atoms with E-state index < -0.39 is 0 Å². The van der Waals surface area contributed by atoms with E-state index in [-0.39, 0.29) is 0 Å². The summed E-state index contributed by atoms with van der Waals surface area (Å²) in [5.41, 5.74) is 8.42. The van der Waals surface area contributed by atoms with Crippen LogP contribution in [0.25, 0.3) is 10.9 Å². The summed E-state index contributed by atoms with van der Waals surface area (Å²) in [6.07, 6.45) is 1.63. The number of halogens is 1. The van der Waals surface area contributed by atoms with Gasteiger partial charge in [0, 0.05) is 18.1 Å². The average molecular weight is 222 g/mol. The zero-order valence-corrected chi connectivity index (χ0v) is 9.17. The summed E-state index contributed by atoms with van der Waals surface area (Å²) in [4.78, 5) is 4.24. The molecule has 1 heterocycles. The van der Waals surface area contributed by atoms with Gasteiger partial charge in [0.1, 0.15) is 0 Å². The number of hydrogen-bond acceptors (Lipinski definition) is 3. The third kappa shape index (κ3) is 1.97. The predicted molar refractivity (Wildman–Crippen MR) is 65.3 cm³/mol. The Morgan fingerprint density at radius 3 is 2.93 bits per heavy atom. The van der Waals surface area contributed by atoms with Crippen molar-refractivity contribution in [1.82, 2.24) is 4.98 Å². The van der Waals surface area contributed by atoms with E-state index in [0.29, 0.717) is 10.7 Å². The summed E-state index contributed by atoms with van der Waals surface area (Å²) < 4.78 is 0. The molecule has 78 valence electrons. The second kappa shape index (κ2) is 3.95. The van der Waals surface area contributed by atoms with Crippen LogP contribution in [0.1, 0.15) is 6.92 Å². The van der Waals surface area contributed by atoms with Gasteiger partial charge in [-0.05, 0) is 25.1 Å². The maximum atomic E-state index is 5.89. The fraction of sp³-hybridized carbons (Fsp3) is 0.182. The first-order valence-corrected chi connectivity index (χ1v) is 5.17. The predicted octanol–water partition coefficient (Wildman–Crippen LogP) is 2.90. The van der Waals surface area contributed by atoms with Crippen LogP contribution in [0.4, 0.5) is 11.4 Å². The highest BCUT2D eigenvalue weighted by Gasteiger charge is 2.02. The molecule has 0 unspecified atom stereocenters. The van der Waals surface area contributed by atoms with Gasteiger partial charge in [-0.15, -0.1) is 0 Å². The molecule has 4 heteroatoms. The average Bonchev–Trinajstić information content (AvgIpc) is 2.20. The molecule has 2 aromatic rings. The van der Waals surface area contributed by atoms with Crippen molar-refractivity contribution in [2.75, 3.05) is 17.6 Å². The first kappa shape index (κ1) is 10.1. The standard InChI is InChI=1S/C11H12ClN3/c1-2-14-11-5-10-7(4-9(11)13)3-8(12)6-15-10/h3-6,14H,2,13H2,1H3. The van der Waals surface area contributed by atoms with Crippen LogP contribution in [0.2, 0.25) is 5.02 Å². The number of fused-ring (bicyclic) bond motifs is 1. The lowest BCUT2D eigenvalue weighted by molar-refractivity contribution is 1.21. The second-order valence-corrected chi connectivity index (χ2v) is 3.75. The van der Waals surface area contributed by atoms with Crippen molar-refractivity contribution in [2.24, 2.45) is 0 Å². The van der Waals surface area contributed by atoms with Crippen molar-refractivity contribution in [1.29, 1.82) is 0 Å². The van der Waals surface area contributed by atoms with Gasteiger partial charge in [0.2, 0.25) is 0 Å². The Morgan fingerprint density at radius 1 is 1.40 bits per heavy atom. The zero-order valence-electron chi connectivity index (χ0n) is 8.42. The molecule has 0 saturated carbocycles. The fourth-order valence-electron chi connectivity index (χ4n) is 1.51. The van der Waals surface area contributed by atoms with Crippen LogP contribution in [0.15, 0.2) is 24.4 Å². The number of benzene rings is 1. The summed E-state index contributed by atoms with van der Waals surface area (Å²) in [7, 11) is 0. The molecule has 0 aliphatic heterocycles. The Hall–Kier alpha value is -1.48. The summed E-state index contributed by atoms with van der Waals surface area (Å²) in [5, 5.41) is 4.77. The Balaban J connectivity index is 2.60. The molecule has 0 saturated heterocycles. The fourth-order valence-corrected chi connectivity index (χ4v) is 1.68. The molecular weight excluding hydrogens is 210 g/mol. The number of nitrogens with one attached hydrogen (secondary N) is 1. The number of hydrogen-bond donors (Lipinski definition) is 2. The minimum absolute atomic E-state index is 0.623. The first-order valence-electron chi connectivity index (χ1n) is 4.79. The summed E-state index contributed by atoms with van der Waals surface area (Å²) in [5.74, 6) is 0. The number of aromatic nitrogens is 1. The van der Waals surface area contributed by atoms with Gasteiger partial charge in [-0.1, -0.05) is 11.6 Å². The number of rotatable bonds is 2. The Labute approximate surface area is 93.3 Å². The molecule has 15 heavy (non-hydrogen) atoms. The van der Waals surface area contributed by atoms with Crippen molar-refractivity contribution in [2.45, 2.75) is 6.92 Å². The van der Waals surface area contributed by atoms with Crippen molar-refractivity contribution < 1.29 is 0 Å². The van der Waals surface area contributed by atoms with E-state index in [2.05, 4.69) is 10.3 Å². The van der Waals surface area contributed by atoms with Crippen molar-refractivity contribution in [3.8, 4) is 0 Å². The van der Waals surface area contributed by atoms with E-state index in [1.165, 1.54) is 0 Å². The SMILES string of the molecule is CCNc1cc2ncc(Cl)cc2cc1N. The number of anilines is 2. The van der Waals surface area contributed by atoms with Crippen LogP contribution in [-0.2, 0) is 0 Å². The topological polar surface area (TPSA) is 50.9 Å². The lowest BCUT2D eigenvalue weighted by Crippen LogP contribution is -2.00. The quantitative estimate of drug-likeness (QED) is 0.767. The van der Waals surface area contributed by atoms with Crippen LogP contribution in [-0.4, -0.2) is 11.5 Å². The van der Waals surface area contributed by atoms with E-state index in [9.17, 15) is 0 Å². The molecule has 0 amide bonds. The smallest absolute Gasteiger partial charge is 0.0725 e. The first-order chi connectivity index (χ1) is 7.20. The highest BCUT2D eigenvalue weighted by molar-refractivity contribution is 6.31. The molecule has 0 aliphatic rings. The zero-order chi connectivity index (χ0) is 10.8. The molecule has 0 aliphatic carbocycles. The number of nitrogen functional groups attached to an aromatic ring is 1. The lowest BCUT2D eigenvalue weighted by atomic mass is 10.1. The number of nitrogens with zero attached hydrogens (tertiary/aromatic N) is 1. The third-order valence-electron chi connectivity index (χ3n) is 2.19. The van der Waals surface area contributed by atoms with Crippen molar-refractivity contribution in [3.05, 3.63) is 29.4 Å². The van der Waals surface area contributed by atoms with Crippen molar-refractivity contribution >= 4 is 33.9 Å². The van der Waals surface area contributed by atoms with Gasteiger partial charge < -0.3 is 11.1 Å². The van der Waals surface area contributed by atoms with E-state index in [1.54, 1.807) is 6.20 Å². The number of pyridine rings is 1. The molecule has 0 atom stereocenters. The molecular formula is C11H12ClN3. The van der Waals surface area contributed by atoms with Gasteiger partial charge in [0.25, 0.3) is 0 Å². The van der Waals surface area contributed by atoms with Crippen LogP contribution in [0.5, 0.6) is 0 Å². The molecule has 3 N–H and O–H groups in total. The van der Waals surface area contributed by atoms with E-state index in [0.717, 1.165) is 23.1 Å². The molecule has 0 bridgehead atoms. The van der Waals surface area contributed by atoms with Gasteiger partial charge in [0.05, 0.1) is 21.9 Å². The largest absolute Gasteiger partial charge is 0.397 e. The second-order valence-electron chi connectivity index (χ2n) is 3.32. The third-order valence-corrected chi connectivity index (χ3v) is 2.39. The lowest BCUT2D eigenvalue weighted by Gasteiger charge is -2.08. The van der Waals surface area contributed by atoms with E-state index >= 15 is 0 Å². The highest BCUT2D eigenvalue weighted by atomic mass is 35.5. The molecule has 2 rings (SSSR count). The molecule has 1 aromatic carbocycles. The van der Waals surface area contributed by atoms with Crippen LogP contribution in [0.3, 0.4) is 0 Å². The Morgan fingerprint density at radius 2 is 2.20 bits per heavy atom. The number of nitrogens with two attached hydrogens (primary N) is 1. The molecule has 0 fully saturated rings. The Bertz CT molecular complexity index is 496. The summed E-state index contributed by atoms with van der Waals surface area (Å²) in [6, 6.07) is 5.67. The van der Waals surface area contributed by atoms with Gasteiger partial charge >= 0.3 is 0 Å². The highest BCUT2D eigenvalue weighted by Crippen LogP contribution is 2.26. The molecule has 0 spiro atoms. The summed E-state index contributed by atoms with van der Waals surface area (Å²) in [6.45, 7) is 2.86. The monoisotopic (exact) mass is 221 g/mol. The van der Waals surface area contributed by atoms with Crippen LogP contribution in [0, 0.1) is 0 Å². The van der Waals surface area contributed by atoms with Crippen LogP contribution < -0.4 is 11.1 Å². The van der Waals surface area contributed by atoms with Crippen LogP contribution >= 0.6 is 11.6 Å². The van der Waals surface area contributed by atoms with Gasteiger partial charge in [-0.2, -0.15) is 0 Å². The van der Waals surface area contributed by atoms with Gasteiger partial charge in [-0.25, -0.2) is 0 Å². The Kier molecular flexibility index (Phi) is 2.64. The molecule has 0 radical (unpaired) electrons. The molecule has 3 nitrogen and oxygen atoms in total. The minimum Gasteiger partial charge on any atom is -0.397 e. The minimum atomic E-state index is 0.623. The normalized spacial score (nSPS) is 10.5. The van der Waals surface area contributed by atoms with E-state index in [4.69, 9.17) is 17.3 Å². The van der Waals surface area contributed by atoms with Gasteiger partial charge in [-0.3, -0.25) is 4.98 Å². The van der Waals surface area contributed by atoms with Gasteiger partial charge in [0.15, 0.2) is 0 Å². The van der Waals surface area contributed by atoms with E-state index in [1.807, 2.05) is 25.1 Å². The summed E-state index contributed by atoms with van der Waals surface area (Å²) >= 11 is 5.85. The maximum Gasteiger partial charge on any atom is 0.0725 e.